The molecular weight excluding hydrogens is 353 g/mol. The average Bonchev–Trinajstić information content (AvgIpc) is 3.23. The van der Waals surface area contributed by atoms with E-state index in [2.05, 4.69) is 15.4 Å². The number of benzene rings is 1. The summed E-state index contributed by atoms with van der Waals surface area (Å²) in [5.41, 5.74) is 0.125. The van der Waals surface area contributed by atoms with Gasteiger partial charge in [0.1, 0.15) is 10.0 Å². The topological polar surface area (TPSA) is 87.3 Å². The number of halogens is 1. The fourth-order valence-electron chi connectivity index (χ4n) is 2.43. The molecule has 24 heavy (non-hydrogen) atoms. The van der Waals surface area contributed by atoms with Crippen molar-refractivity contribution in [3.8, 4) is 0 Å². The van der Waals surface area contributed by atoms with Gasteiger partial charge in [0, 0.05) is 5.69 Å². The maximum absolute atomic E-state index is 13.9. The number of rotatable bonds is 5. The lowest BCUT2D eigenvalue weighted by atomic mass is 10.2. The van der Waals surface area contributed by atoms with Crippen molar-refractivity contribution in [2.75, 3.05) is 16.6 Å². The molecule has 2 heterocycles. The third-order valence-corrected chi connectivity index (χ3v) is 6.38. The number of anilines is 2. The van der Waals surface area contributed by atoms with E-state index >= 15 is 0 Å². The molecule has 3 rings (SSSR count). The molecule has 0 radical (unpaired) electrons. The Labute approximate surface area is 143 Å². The molecule has 1 unspecified atom stereocenters. The first kappa shape index (κ1) is 16.9. The highest BCUT2D eigenvalue weighted by molar-refractivity contribution is 7.94. The molecule has 1 aliphatic heterocycles. The molecule has 2 aromatic rings. The van der Waals surface area contributed by atoms with Crippen LogP contribution < -0.4 is 15.4 Å². The van der Waals surface area contributed by atoms with E-state index in [1.807, 2.05) is 0 Å². The molecule has 1 aromatic heterocycles. The summed E-state index contributed by atoms with van der Waals surface area (Å²) in [5.74, 6) is -0.932. The van der Waals surface area contributed by atoms with Crippen LogP contribution in [0.2, 0.25) is 0 Å². The lowest BCUT2D eigenvalue weighted by molar-refractivity contribution is -0.117. The Kier molecular flexibility index (Phi) is 4.83. The summed E-state index contributed by atoms with van der Waals surface area (Å²) in [6, 6.07) is 6.53. The summed E-state index contributed by atoms with van der Waals surface area (Å²) in [6.45, 7) is 0.785. The first-order valence-corrected chi connectivity index (χ1v) is 9.72. The maximum Gasteiger partial charge on any atom is 0.271 e. The first-order valence-electron chi connectivity index (χ1n) is 7.36. The second-order valence-electron chi connectivity index (χ2n) is 5.37. The zero-order chi connectivity index (χ0) is 17.2. The third-order valence-electron chi connectivity index (χ3n) is 3.61. The minimum atomic E-state index is -3.85. The van der Waals surface area contributed by atoms with E-state index in [-0.39, 0.29) is 21.8 Å². The van der Waals surface area contributed by atoms with Crippen LogP contribution in [0.25, 0.3) is 0 Å². The second kappa shape index (κ2) is 6.88. The third kappa shape index (κ3) is 3.74. The Morgan fingerprint density at radius 3 is 2.83 bits per heavy atom. The van der Waals surface area contributed by atoms with Gasteiger partial charge in [-0.05, 0) is 49.0 Å². The summed E-state index contributed by atoms with van der Waals surface area (Å²) in [4.78, 5) is 12.1. The van der Waals surface area contributed by atoms with Gasteiger partial charge in [0.05, 0.1) is 11.7 Å². The van der Waals surface area contributed by atoms with E-state index in [9.17, 15) is 17.6 Å². The number of hydrogen-bond acceptors (Lipinski definition) is 5. The number of nitrogens with one attached hydrogen (secondary N) is 3. The number of hydrogen-bond donors (Lipinski definition) is 3. The van der Waals surface area contributed by atoms with Crippen LogP contribution in [0.3, 0.4) is 0 Å². The molecule has 3 N–H and O–H groups in total. The summed E-state index contributed by atoms with van der Waals surface area (Å²) in [6.07, 6.45) is 1.66. The van der Waals surface area contributed by atoms with Gasteiger partial charge in [-0.15, -0.1) is 11.3 Å². The van der Waals surface area contributed by atoms with Crippen molar-refractivity contribution in [3.63, 3.8) is 0 Å². The maximum atomic E-state index is 13.9. The minimum Gasteiger partial charge on any atom is -0.325 e. The van der Waals surface area contributed by atoms with Crippen LogP contribution >= 0.6 is 11.3 Å². The monoisotopic (exact) mass is 369 g/mol. The van der Waals surface area contributed by atoms with Gasteiger partial charge in [-0.25, -0.2) is 12.8 Å². The molecule has 128 valence electrons. The molecule has 0 saturated carbocycles. The molecule has 1 aliphatic rings. The Bertz CT molecular complexity index is 832. The van der Waals surface area contributed by atoms with E-state index in [1.54, 1.807) is 11.4 Å². The van der Waals surface area contributed by atoms with E-state index in [1.165, 1.54) is 18.2 Å². The predicted octanol–water partition coefficient (Wildman–Crippen LogP) is 2.38. The molecule has 0 spiro atoms. The van der Waals surface area contributed by atoms with Gasteiger partial charge in [-0.3, -0.25) is 9.52 Å². The minimum absolute atomic E-state index is 0.0893. The first-order chi connectivity index (χ1) is 11.5. The fraction of sp³-hybridized carbons (Fsp3) is 0.267. The molecule has 1 atom stereocenters. The quantitative estimate of drug-likeness (QED) is 0.755. The van der Waals surface area contributed by atoms with Gasteiger partial charge >= 0.3 is 0 Å². The predicted molar refractivity (Wildman–Crippen MR) is 91.2 cm³/mol. The van der Waals surface area contributed by atoms with E-state index in [0.717, 1.165) is 36.8 Å². The highest BCUT2D eigenvalue weighted by Gasteiger charge is 2.22. The zero-order valence-corrected chi connectivity index (χ0v) is 14.2. The molecular formula is C15H16FN3O3S2. The summed E-state index contributed by atoms with van der Waals surface area (Å²) < 4.78 is 40.6. The second-order valence-corrected chi connectivity index (χ2v) is 8.23. The highest BCUT2D eigenvalue weighted by atomic mass is 32.2. The van der Waals surface area contributed by atoms with Crippen LogP contribution in [-0.4, -0.2) is 26.9 Å². The highest BCUT2D eigenvalue weighted by Crippen LogP contribution is 2.25. The standard InChI is InChI=1S/C15H16FN3O3S2/c16-11-6-5-10(18-15(20)12-3-1-7-17-12)9-13(11)19-24(21,22)14-4-2-8-23-14/h2,4-6,8-9,12,17,19H,1,3,7H2,(H,18,20). The fourth-order valence-corrected chi connectivity index (χ4v) is 4.48. The smallest absolute Gasteiger partial charge is 0.271 e. The van der Waals surface area contributed by atoms with Gasteiger partial charge in [0.15, 0.2) is 0 Å². The van der Waals surface area contributed by atoms with Crippen molar-refractivity contribution in [1.82, 2.24) is 5.32 Å². The van der Waals surface area contributed by atoms with Gasteiger partial charge in [0.2, 0.25) is 5.91 Å². The van der Waals surface area contributed by atoms with E-state index in [4.69, 9.17) is 0 Å². The molecule has 1 aromatic carbocycles. The van der Waals surface area contributed by atoms with E-state index in [0.29, 0.717) is 5.69 Å². The van der Waals surface area contributed by atoms with Crippen molar-refractivity contribution in [3.05, 3.63) is 41.5 Å². The molecule has 9 heteroatoms. The number of sulfonamides is 1. The largest absolute Gasteiger partial charge is 0.325 e. The number of carbonyl (C=O) groups excluding carboxylic acids is 1. The van der Waals surface area contributed by atoms with Gasteiger partial charge in [0.25, 0.3) is 10.0 Å². The van der Waals surface area contributed by atoms with Gasteiger partial charge in [-0.1, -0.05) is 6.07 Å². The van der Waals surface area contributed by atoms with Gasteiger partial charge in [-0.2, -0.15) is 0 Å². The van der Waals surface area contributed by atoms with Crippen molar-refractivity contribution < 1.29 is 17.6 Å². The van der Waals surface area contributed by atoms with E-state index < -0.39 is 15.8 Å². The Morgan fingerprint density at radius 2 is 2.17 bits per heavy atom. The van der Waals surface area contributed by atoms with Crippen LogP contribution in [0.1, 0.15) is 12.8 Å². The SMILES string of the molecule is O=C(Nc1ccc(F)c(NS(=O)(=O)c2cccs2)c1)C1CCCN1. The Balaban J connectivity index is 1.78. The van der Waals surface area contributed by atoms with Crippen LogP contribution in [-0.2, 0) is 14.8 Å². The molecule has 6 nitrogen and oxygen atoms in total. The lowest BCUT2D eigenvalue weighted by Crippen LogP contribution is -2.35. The van der Waals surface area contributed by atoms with Crippen LogP contribution in [0.4, 0.5) is 15.8 Å². The van der Waals surface area contributed by atoms with Crippen molar-refractivity contribution in [1.29, 1.82) is 0 Å². The van der Waals surface area contributed by atoms with Crippen molar-refractivity contribution >= 4 is 38.6 Å². The van der Waals surface area contributed by atoms with Gasteiger partial charge < -0.3 is 10.6 Å². The van der Waals surface area contributed by atoms with Crippen molar-refractivity contribution in [2.24, 2.45) is 0 Å². The van der Waals surface area contributed by atoms with Crippen LogP contribution in [0.15, 0.2) is 39.9 Å². The molecule has 0 bridgehead atoms. The summed E-state index contributed by atoms with van der Waals surface area (Å²) in [7, 11) is -3.85. The normalized spacial score (nSPS) is 17.6. The van der Waals surface area contributed by atoms with Crippen LogP contribution in [0, 0.1) is 5.82 Å². The van der Waals surface area contributed by atoms with Crippen LogP contribution in [0.5, 0.6) is 0 Å². The number of amides is 1. The molecule has 1 saturated heterocycles. The average molecular weight is 369 g/mol. The number of carbonyl (C=O) groups is 1. The molecule has 0 aliphatic carbocycles. The summed E-state index contributed by atoms with van der Waals surface area (Å²) >= 11 is 1.04. The van der Waals surface area contributed by atoms with Crippen molar-refractivity contribution in [2.45, 2.75) is 23.1 Å². The molecule has 1 amide bonds. The Hall–Kier alpha value is -1.97. The zero-order valence-electron chi connectivity index (χ0n) is 12.6. The summed E-state index contributed by atoms with van der Waals surface area (Å²) in [5, 5.41) is 7.36. The molecule has 1 fully saturated rings. The lowest BCUT2D eigenvalue weighted by Gasteiger charge is -2.13. The Morgan fingerprint density at radius 1 is 1.33 bits per heavy atom. The number of thiophene rings is 1.